The van der Waals surface area contributed by atoms with Crippen LogP contribution < -0.4 is 0 Å². The van der Waals surface area contributed by atoms with Gasteiger partial charge in [-0.25, -0.2) is 0 Å². The first-order valence-electron chi connectivity index (χ1n) is 9.96. The quantitative estimate of drug-likeness (QED) is 0.463. The van der Waals surface area contributed by atoms with Crippen molar-refractivity contribution in [2.24, 2.45) is 11.8 Å². The van der Waals surface area contributed by atoms with Crippen molar-refractivity contribution in [2.45, 2.75) is 108 Å². The molecule has 6 unspecified atom stereocenters. The number of hydrogen-bond acceptors (Lipinski definition) is 2. The van der Waals surface area contributed by atoms with E-state index in [1.807, 2.05) is 5.92 Å². The Morgan fingerprint density at radius 3 is 1.86 bits per heavy atom. The van der Waals surface area contributed by atoms with Gasteiger partial charge in [-0.15, -0.1) is 0 Å². The lowest BCUT2D eigenvalue weighted by Gasteiger charge is -2.28. The molecule has 4 rings (SSSR count). The first kappa shape index (κ1) is 15.4. The van der Waals surface area contributed by atoms with Gasteiger partial charge in [0.25, 0.3) is 0 Å². The van der Waals surface area contributed by atoms with Gasteiger partial charge in [-0.2, -0.15) is 0 Å². The molecule has 2 heteroatoms. The molecule has 2 heterocycles. The fraction of sp³-hybridized carbons (Fsp3) is 0.950. The number of hydrogen-bond donors (Lipinski definition) is 0. The Morgan fingerprint density at radius 1 is 0.773 bits per heavy atom. The largest absolute Gasteiger partial charge is 0.370 e. The molecule has 1 radical (unpaired) electrons. The van der Waals surface area contributed by atoms with Gasteiger partial charge in [-0.05, 0) is 75.5 Å². The number of fused-ring (bicyclic) bond motifs is 2. The van der Waals surface area contributed by atoms with Crippen LogP contribution in [0.4, 0.5) is 0 Å². The van der Waals surface area contributed by atoms with Crippen LogP contribution in [0.5, 0.6) is 0 Å². The van der Waals surface area contributed by atoms with Crippen molar-refractivity contribution in [2.75, 3.05) is 0 Å². The molecule has 2 nitrogen and oxygen atoms in total. The lowest BCUT2D eigenvalue weighted by Crippen LogP contribution is -2.20. The van der Waals surface area contributed by atoms with Crippen LogP contribution in [0, 0.1) is 17.8 Å². The van der Waals surface area contributed by atoms with E-state index in [4.69, 9.17) is 9.47 Å². The van der Waals surface area contributed by atoms with E-state index in [1.165, 1.54) is 77.0 Å². The molecule has 0 N–H and O–H groups in total. The fourth-order valence-corrected chi connectivity index (χ4v) is 5.07. The van der Waals surface area contributed by atoms with E-state index in [-0.39, 0.29) is 0 Å². The highest BCUT2D eigenvalue weighted by atomic mass is 16.6. The summed E-state index contributed by atoms with van der Waals surface area (Å²) >= 11 is 0. The van der Waals surface area contributed by atoms with Crippen LogP contribution in [0.25, 0.3) is 0 Å². The van der Waals surface area contributed by atoms with Gasteiger partial charge in [0, 0.05) is 0 Å². The number of rotatable bonds is 8. The molecule has 4 fully saturated rings. The van der Waals surface area contributed by atoms with Crippen molar-refractivity contribution < 1.29 is 9.47 Å². The summed E-state index contributed by atoms with van der Waals surface area (Å²) in [5, 5.41) is 0. The topological polar surface area (TPSA) is 25.1 Å². The van der Waals surface area contributed by atoms with Gasteiger partial charge < -0.3 is 9.47 Å². The minimum absolute atomic E-state index is 0.644. The van der Waals surface area contributed by atoms with Crippen molar-refractivity contribution in [3.8, 4) is 0 Å². The zero-order chi connectivity index (χ0) is 14.9. The third-order valence-electron chi connectivity index (χ3n) is 6.51. The highest BCUT2D eigenvalue weighted by Crippen LogP contribution is 2.46. The van der Waals surface area contributed by atoms with E-state index in [9.17, 15) is 0 Å². The van der Waals surface area contributed by atoms with Crippen molar-refractivity contribution in [1.82, 2.24) is 0 Å². The maximum atomic E-state index is 5.73. The molecule has 125 valence electrons. The Balaban J connectivity index is 1.26. The lowest BCUT2D eigenvalue weighted by molar-refractivity contribution is 0.315. The summed E-state index contributed by atoms with van der Waals surface area (Å²) in [5.74, 6) is 3.74. The smallest absolute Gasteiger partial charge is 0.0844 e. The molecule has 22 heavy (non-hydrogen) atoms. The predicted molar refractivity (Wildman–Crippen MR) is 88.6 cm³/mol. The summed E-state index contributed by atoms with van der Waals surface area (Å²) in [6.45, 7) is 2.32. The monoisotopic (exact) mass is 305 g/mol. The third kappa shape index (κ3) is 3.87. The van der Waals surface area contributed by atoms with Gasteiger partial charge in [0.15, 0.2) is 0 Å². The predicted octanol–water partition coefficient (Wildman–Crippen LogP) is 5.06. The molecule has 4 aliphatic rings. The van der Waals surface area contributed by atoms with Crippen LogP contribution in [0.3, 0.4) is 0 Å². The molecule has 6 atom stereocenters. The van der Waals surface area contributed by atoms with Gasteiger partial charge >= 0.3 is 0 Å². The lowest BCUT2D eigenvalue weighted by atomic mass is 9.75. The Kier molecular flexibility index (Phi) is 4.78. The first-order valence-corrected chi connectivity index (χ1v) is 9.96. The summed E-state index contributed by atoms with van der Waals surface area (Å²) in [6, 6.07) is 0. The number of epoxide rings is 2. The molecule has 0 aromatic heterocycles. The standard InChI is InChI=1S/C20H33O2/c1-2-3-4-5-14(10-15-6-8-17-19(12-15)21-17)11-16-7-9-18-20(13-16)22-18/h15-20H,2-13H2,1H3. The van der Waals surface area contributed by atoms with Crippen LogP contribution in [-0.4, -0.2) is 24.4 Å². The summed E-state index contributed by atoms with van der Waals surface area (Å²) in [5.41, 5.74) is 0. The second-order valence-electron chi connectivity index (χ2n) is 8.40. The normalized spacial score (nSPS) is 42.8. The average Bonchev–Trinajstić information content (AvgIpc) is 3.41. The van der Waals surface area contributed by atoms with Gasteiger partial charge in [0.2, 0.25) is 0 Å². The molecule has 0 amide bonds. The fourth-order valence-electron chi connectivity index (χ4n) is 5.07. The zero-order valence-corrected chi connectivity index (χ0v) is 14.3. The van der Waals surface area contributed by atoms with Gasteiger partial charge in [0.1, 0.15) is 0 Å². The molecule has 2 saturated heterocycles. The van der Waals surface area contributed by atoms with Crippen molar-refractivity contribution >= 4 is 0 Å². The van der Waals surface area contributed by atoms with E-state index < -0.39 is 0 Å². The first-order chi connectivity index (χ1) is 10.8. The van der Waals surface area contributed by atoms with Crippen molar-refractivity contribution in [3.05, 3.63) is 5.92 Å². The summed E-state index contributed by atoms with van der Waals surface area (Å²) in [6.07, 6.45) is 19.1. The average molecular weight is 305 g/mol. The maximum Gasteiger partial charge on any atom is 0.0844 e. The van der Waals surface area contributed by atoms with Gasteiger partial charge in [-0.1, -0.05) is 26.2 Å². The Bertz CT molecular complexity index is 339. The molecule has 0 aromatic rings. The van der Waals surface area contributed by atoms with Crippen LogP contribution >= 0.6 is 0 Å². The van der Waals surface area contributed by atoms with E-state index in [1.54, 1.807) is 0 Å². The minimum atomic E-state index is 0.644. The summed E-state index contributed by atoms with van der Waals surface area (Å²) in [7, 11) is 0. The summed E-state index contributed by atoms with van der Waals surface area (Å²) in [4.78, 5) is 0. The van der Waals surface area contributed by atoms with E-state index in [0.29, 0.717) is 24.4 Å². The Hall–Kier alpha value is -0.0800. The van der Waals surface area contributed by atoms with E-state index in [2.05, 4.69) is 6.92 Å². The Labute approximate surface area is 136 Å². The Morgan fingerprint density at radius 2 is 1.36 bits per heavy atom. The molecule has 0 aromatic carbocycles. The van der Waals surface area contributed by atoms with Gasteiger partial charge in [0.05, 0.1) is 24.4 Å². The maximum absolute atomic E-state index is 5.73. The molecule has 2 aliphatic carbocycles. The summed E-state index contributed by atoms with van der Waals surface area (Å²) < 4.78 is 11.5. The highest BCUT2D eigenvalue weighted by molar-refractivity contribution is 5.01. The third-order valence-corrected chi connectivity index (χ3v) is 6.51. The highest BCUT2D eigenvalue weighted by Gasteiger charge is 2.45. The van der Waals surface area contributed by atoms with Crippen LogP contribution in [0.2, 0.25) is 0 Å². The second-order valence-corrected chi connectivity index (χ2v) is 8.40. The van der Waals surface area contributed by atoms with Crippen LogP contribution in [-0.2, 0) is 9.47 Å². The molecule has 2 aliphatic heterocycles. The minimum Gasteiger partial charge on any atom is -0.370 e. The molecular weight excluding hydrogens is 272 g/mol. The molecule has 0 bridgehead atoms. The van der Waals surface area contributed by atoms with Crippen LogP contribution in [0.1, 0.15) is 84.0 Å². The number of ether oxygens (including phenoxy) is 2. The van der Waals surface area contributed by atoms with Gasteiger partial charge in [-0.3, -0.25) is 0 Å². The van der Waals surface area contributed by atoms with Crippen molar-refractivity contribution in [1.29, 1.82) is 0 Å². The van der Waals surface area contributed by atoms with Crippen LogP contribution in [0.15, 0.2) is 0 Å². The molecular formula is C20H33O2. The van der Waals surface area contributed by atoms with E-state index in [0.717, 1.165) is 11.8 Å². The molecule has 0 spiro atoms. The SMILES string of the molecule is CCCCC[C](CC1CCC2OC2C1)CC1CCC2OC2C1. The zero-order valence-electron chi connectivity index (χ0n) is 14.3. The number of unbranched alkanes of at least 4 members (excludes halogenated alkanes) is 2. The van der Waals surface area contributed by atoms with E-state index >= 15 is 0 Å². The second kappa shape index (κ2) is 6.81. The molecule has 2 saturated carbocycles. The van der Waals surface area contributed by atoms with Crippen molar-refractivity contribution in [3.63, 3.8) is 0 Å².